The SMILES string of the molecule is CCCN1CCN(c2nc(Cl)nc3[nH]ncc23)CC1. The lowest BCUT2D eigenvalue weighted by atomic mass is 10.2. The first-order valence-corrected chi connectivity index (χ1v) is 6.99. The lowest BCUT2D eigenvalue weighted by molar-refractivity contribution is 0.258. The minimum atomic E-state index is 0.266. The van der Waals surface area contributed by atoms with Gasteiger partial charge in [-0.1, -0.05) is 6.92 Å². The molecule has 0 spiro atoms. The fraction of sp³-hybridized carbons (Fsp3) is 0.583. The van der Waals surface area contributed by atoms with Crippen molar-refractivity contribution in [3.05, 3.63) is 11.5 Å². The number of halogens is 1. The van der Waals surface area contributed by atoms with Gasteiger partial charge in [0.25, 0.3) is 0 Å². The zero-order chi connectivity index (χ0) is 13.2. The summed E-state index contributed by atoms with van der Waals surface area (Å²) in [4.78, 5) is 13.2. The number of hydrogen-bond donors (Lipinski definition) is 1. The molecule has 0 aromatic carbocycles. The van der Waals surface area contributed by atoms with E-state index < -0.39 is 0 Å². The van der Waals surface area contributed by atoms with E-state index in [9.17, 15) is 0 Å². The molecule has 0 atom stereocenters. The van der Waals surface area contributed by atoms with Gasteiger partial charge >= 0.3 is 0 Å². The summed E-state index contributed by atoms with van der Waals surface area (Å²) in [5, 5.41) is 8.07. The number of aromatic amines is 1. The van der Waals surface area contributed by atoms with Gasteiger partial charge in [0.1, 0.15) is 5.82 Å². The van der Waals surface area contributed by atoms with Crippen LogP contribution in [0.4, 0.5) is 5.82 Å². The second kappa shape index (κ2) is 5.30. The fourth-order valence-corrected chi connectivity index (χ4v) is 2.70. The Kier molecular flexibility index (Phi) is 3.52. The zero-order valence-electron chi connectivity index (χ0n) is 10.9. The smallest absolute Gasteiger partial charge is 0.226 e. The number of fused-ring (bicyclic) bond motifs is 1. The predicted octanol–water partition coefficient (Wildman–Crippen LogP) is 1.54. The fourth-order valence-electron chi connectivity index (χ4n) is 2.53. The Balaban J connectivity index is 1.83. The Bertz CT molecular complexity index is 560. The maximum atomic E-state index is 5.97. The van der Waals surface area contributed by atoms with Crippen LogP contribution in [-0.2, 0) is 0 Å². The van der Waals surface area contributed by atoms with Crippen molar-refractivity contribution in [1.29, 1.82) is 0 Å². The highest BCUT2D eigenvalue weighted by Crippen LogP contribution is 2.24. The summed E-state index contributed by atoms with van der Waals surface area (Å²) >= 11 is 5.97. The van der Waals surface area contributed by atoms with Crippen molar-refractivity contribution >= 4 is 28.5 Å². The minimum Gasteiger partial charge on any atom is -0.353 e. The van der Waals surface area contributed by atoms with Crippen molar-refractivity contribution in [2.75, 3.05) is 37.6 Å². The van der Waals surface area contributed by atoms with Crippen LogP contribution in [0, 0.1) is 0 Å². The van der Waals surface area contributed by atoms with Gasteiger partial charge in [-0.2, -0.15) is 15.1 Å². The molecule has 1 aliphatic rings. The van der Waals surface area contributed by atoms with E-state index >= 15 is 0 Å². The van der Waals surface area contributed by atoms with Crippen molar-refractivity contribution in [2.45, 2.75) is 13.3 Å². The van der Waals surface area contributed by atoms with E-state index in [-0.39, 0.29) is 5.28 Å². The highest BCUT2D eigenvalue weighted by molar-refractivity contribution is 6.28. The van der Waals surface area contributed by atoms with Gasteiger partial charge < -0.3 is 4.90 Å². The molecule has 2 aromatic heterocycles. The Morgan fingerprint density at radius 2 is 2.05 bits per heavy atom. The van der Waals surface area contributed by atoms with E-state index in [0.29, 0.717) is 5.65 Å². The molecule has 1 saturated heterocycles. The van der Waals surface area contributed by atoms with Gasteiger partial charge in [-0.3, -0.25) is 10.00 Å². The second-order valence-corrected chi connectivity index (χ2v) is 5.12. The quantitative estimate of drug-likeness (QED) is 0.864. The molecular weight excluding hydrogens is 264 g/mol. The second-order valence-electron chi connectivity index (χ2n) is 4.78. The molecule has 2 aromatic rings. The molecule has 3 rings (SSSR count). The summed E-state index contributed by atoms with van der Waals surface area (Å²) < 4.78 is 0. The third kappa shape index (κ3) is 2.50. The molecule has 0 amide bonds. The molecule has 0 saturated carbocycles. The maximum Gasteiger partial charge on any atom is 0.226 e. The summed E-state index contributed by atoms with van der Waals surface area (Å²) in [5.74, 6) is 0.889. The van der Waals surface area contributed by atoms with Crippen LogP contribution in [0.1, 0.15) is 13.3 Å². The number of anilines is 1. The number of aromatic nitrogens is 4. The highest BCUT2D eigenvalue weighted by Gasteiger charge is 2.20. The van der Waals surface area contributed by atoms with Crippen molar-refractivity contribution in [2.24, 2.45) is 0 Å². The molecule has 3 heterocycles. The predicted molar refractivity (Wildman–Crippen MR) is 75.6 cm³/mol. The lowest BCUT2D eigenvalue weighted by Crippen LogP contribution is -2.46. The van der Waals surface area contributed by atoms with Gasteiger partial charge in [-0.25, -0.2) is 0 Å². The van der Waals surface area contributed by atoms with Gasteiger partial charge in [0, 0.05) is 26.2 Å². The lowest BCUT2D eigenvalue weighted by Gasteiger charge is -2.35. The van der Waals surface area contributed by atoms with Crippen molar-refractivity contribution in [3.8, 4) is 0 Å². The molecule has 0 radical (unpaired) electrons. The molecule has 1 N–H and O–H groups in total. The summed E-state index contributed by atoms with van der Waals surface area (Å²) in [5.41, 5.74) is 0.700. The third-order valence-corrected chi connectivity index (χ3v) is 3.64. The Labute approximate surface area is 116 Å². The average molecular weight is 281 g/mol. The highest BCUT2D eigenvalue weighted by atomic mass is 35.5. The number of rotatable bonds is 3. The standard InChI is InChI=1S/C12H17ClN6/c1-2-3-18-4-6-19(7-5-18)11-9-8-14-17-10(9)15-12(13)16-11/h8H,2-7H2,1H3,(H,14,15,16,17). The van der Waals surface area contributed by atoms with Crippen molar-refractivity contribution in [3.63, 3.8) is 0 Å². The molecule has 1 fully saturated rings. The summed E-state index contributed by atoms with van der Waals surface area (Å²) in [6.07, 6.45) is 2.96. The molecule has 6 nitrogen and oxygen atoms in total. The molecule has 0 unspecified atom stereocenters. The van der Waals surface area contributed by atoms with Crippen LogP contribution >= 0.6 is 11.6 Å². The largest absolute Gasteiger partial charge is 0.353 e. The van der Waals surface area contributed by atoms with Gasteiger partial charge in [0.2, 0.25) is 5.28 Å². The molecule has 0 bridgehead atoms. The van der Waals surface area contributed by atoms with Crippen LogP contribution in [0.15, 0.2) is 6.20 Å². The summed E-state index contributed by atoms with van der Waals surface area (Å²) in [7, 11) is 0. The monoisotopic (exact) mass is 280 g/mol. The number of piperazine rings is 1. The van der Waals surface area contributed by atoms with Gasteiger partial charge in [0.15, 0.2) is 5.65 Å². The zero-order valence-corrected chi connectivity index (χ0v) is 11.7. The first kappa shape index (κ1) is 12.6. The first-order valence-electron chi connectivity index (χ1n) is 6.62. The van der Waals surface area contributed by atoms with Crippen LogP contribution in [0.3, 0.4) is 0 Å². The molecule has 7 heteroatoms. The maximum absolute atomic E-state index is 5.97. The molecule has 19 heavy (non-hydrogen) atoms. The summed E-state index contributed by atoms with van der Waals surface area (Å²) in [6.45, 7) is 7.44. The van der Waals surface area contributed by atoms with Gasteiger partial charge in [-0.15, -0.1) is 0 Å². The van der Waals surface area contributed by atoms with Crippen molar-refractivity contribution in [1.82, 2.24) is 25.1 Å². The Morgan fingerprint density at radius 1 is 1.26 bits per heavy atom. The van der Waals surface area contributed by atoms with E-state index in [1.54, 1.807) is 6.20 Å². The average Bonchev–Trinajstić information content (AvgIpc) is 2.87. The number of nitrogens with zero attached hydrogens (tertiary/aromatic N) is 5. The van der Waals surface area contributed by atoms with Crippen LogP contribution in [-0.4, -0.2) is 57.8 Å². The Morgan fingerprint density at radius 3 is 2.79 bits per heavy atom. The van der Waals surface area contributed by atoms with E-state index in [0.717, 1.165) is 37.4 Å². The molecule has 1 aliphatic heterocycles. The van der Waals surface area contributed by atoms with E-state index in [2.05, 4.69) is 36.9 Å². The van der Waals surface area contributed by atoms with E-state index in [1.807, 2.05) is 0 Å². The van der Waals surface area contributed by atoms with E-state index in [1.165, 1.54) is 13.0 Å². The van der Waals surface area contributed by atoms with Crippen LogP contribution in [0.5, 0.6) is 0 Å². The van der Waals surface area contributed by atoms with Crippen LogP contribution in [0.2, 0.25) is 5.28 Å². The topological polar surface area (TPSA) is 60.9 Å². The molecule has 102 valence electrons. The number of H-pyrrole nitrogens is 1. The van der Waals surface area contributed by atoms with Crippen molar-refractivity contribution < 1.29 is 0 Å². The normalized spacial score (nSPS) is 17.3. The van der Waals surface area contributed by atoms with Gasteiger partial charge in [-0.05, 0) is 24.6 Å². The molecule has 0 aliphatic carbocycles. The van der Waals surface area contributed by atoms with Crippen LogP contribution < -0.4 is 4.90 Å². The number of nitrogens with one attached hydrogen (secondary N) is 1. The van der Waals surface area contributed by atoms with E-state index in [4.69, 9.17) is 11.6 Å². The van der Waals surface area contributed by atoms with Crippen LogP contribution in [0.25, 0.3) is 11.0 Å². The third-order valence-electron chi connectivity index (χ3n) is 3.47. The summed E-state index contributed by atoms with van der Waals surface area (Å²) in [6, 6.07) is 0. The Hall–Kier alpha value is -1.40. The first-order chi connectivity index (χ1) is 9.28. The minimum absolute atomic E-state index is 0.266. The number of hydrogen-bond acceptors (Lipinski definition) is 5. The van der Waals surface area contributed by atoms with Gasteiger partial charge in [0.05, 0.1) is 11.6 Å². The molecular formula is C12H17ClN6.